The van der Waals surface area contributed by atoms with Crippen LogP contribution < -0.4 is 4.90 Å². The smallest absolute Gasteiger partial charge is 0.115 e. The summed E-state index contributed by atoms with van der Waals surface area (Å²) < 4.78 is 0. The zero-order valence-corrected chi connectivity index (χ0v) is 11.6. The average molecular weight is 270 g/mol. The normalized spacial score (nSPS) is 9.95. The van der Waals surface area contributed by atoms with Gasteiger partial charge in [0.05, 0.1) is 11.3 Å². The summed E-state index contributed by atoms with van der Waals surface area (Å²) in [5.74, 6) is 0.232. The lowest BCUT2D eigenvalue weighted by Gasteiger charge is -2.21. The fourth-order valence-electron chi connectivity index (χ4n) is 1.90. The van der Waals surface area contributed by atoms with Gasteiger partial charge >= 0.3 is 0 Å². The van der Waals surface area contributed by atoms with Gasteiger partial charge in [0.15, 0.2) is 0 Å². The first-order valence-electron chi connectivity index (χ1n) is 5.77. The van der Waals surface area contributed by atoms with E-state index >= 15 is 0 Å². The second kappa shape index (κ2) is 5.68. The Hall–Kier alpha value is -2.12. The van der Waals surface area contributed by atoms with Crippen LogP contribution in [0.4, 0.5) is 11.4 Å². The Morgan fingerprint density at radius 1 is 1.16 bits per heavy atom. The van der Waals surface area contributed by atoms with E-state index in [1.165, 1.54) is 0 Å². The third-order valence-corrected chi connectivity index (χ3v) is 3.71. The van der Waals surface area contributed by atoms with Crippen LogP contribution in [-0.4, -0.2) is 18.4 Å². The molecule has 0 aliphatic rings. The van der Waals surface area contributed by atoms with Crippen LogP contribution in [0.5, 0.6) is 5.75 Å². The molecule has 0 aliphatic carbocycles. The van der Waals surface area contributed by atoms with Gasteiger partial charge in [0, 0.05) is 17.6 Å². The van der Waals surface area contributed by atoms with Crippen LogP contribution in [0.25, 0.3) is 0 Å². The summed E-state index contributed by atoms with van der Waals surface area (Å²) in [5.41, 5.74) is 2.46. The lowest BCUT2D eigenvalue weighted by atomic mass is 10.1. The largest absolute Gasteiger partial charge is 0.508 e. The maximum Gasteiger partial charge on any atom is 0.115 e. The van der Waals surface area contributed by atoms with E-state index in [9.17, 15) is 10.4 Å². The number of nitrogens with zero attached hydrogens (tertiary/aromatic N) is 2. The second-order valence-corrected chi connectivity index (χ2v) is 4.89. The number of rotatable bonds is 3. The Bertz CT molecular complexity index is 617. The Balaban J connectivity index is 2.47. The highest BCUT2D eigenvalue weighted by atomic mass is 32.2. The lowest BCUT2D eigenvalue weighted by molar-refractivity contribution is 0.475. The van der Waals surface area contributed by atoms with E-state index in [0.29, 0.717) is 5.56 Å². The fraction of sp³-hybridized carbons (Fsp3) is 0.133. The minimum atomic E-state index is 0.232. The summed E-state index contributed by atoms with van der Waals surface area (Å²) in [6, 6.07) is 15.0. The number of phenolic OH excluding ortho intramolecular Hbond substituents is 1. The average Bonchev–Trinajstić information content (AvgIpc) is 2.46. The van der Waals surface area contributed by atoms with Crippen LogP contribution in [-0.2, 0) is 0 Å². The van der Waals surface area contributed by atoms with Crippen molar-refractivity contribution in [1.29, 1.82) is 5.26 Å². The van der Waals surface area contributed by atoms with E-state index in [1.54, 1.807) is 23.9 Å². The first kappa shape index (κ1) is 13.3. The number of phenols is 1. The highest BCUT2D eigenvalue weighted by Gasteiger charge is 2.12. The predicted molar refractivity (Wildman–Crippen MR) is 79.1 cm³/mol. The van der Waals surface area contributed by atoms with Crippen LogP contribution in [0.3, 0.4) is 0 Å². The summed E-state index contributed by atoms with van der Waals surface area (Å²) in [4.78, 5) is 2.91. The summed E-state index contributed by atoms with van der Waals surface area (Å²) >= 11 is 1.56. The molecule has 0 aromatic heterocycles. The number of aromatic hydroxyl groups is 1. The van der Waals surface area contributed by atoms with E-state index in [4.69, 9.17) is 0 Å². The lowest BCUT2D eigenvalue weighted by Crippen LogP contribution is -2.11. The minimum Gasteiger partial charge on any atom is -0.508 e. The molecular formula is C15H14N2OS. The summed E-state index contributed by atoms with van der Waals surface area (Å²) in [5, 5.41) is 18.7. The van der Waals surface area contributed by atoms with Crippen molar-refractivity contribution in [3.05, 3.63) is 48.0 Å². The standard InChI is InChI=1S/C15H14N2OS/c1-17(11-6-8-12(18)9-7-11)14-4-3-5-15(19-2)13(14)10-16/h3-9,18H,1-2H3. The number of benzene rings is 2. The molecule has 0 saturated carbocycles. The molecule has 0 unspecified atom stereocenters. The molecule has 0 atom stereocenters. The van der Waals surface area contributed by atoms with Gasteiger partial charge in [-0.1, -0.05) is 6.07 Å². The highest BCUT2D eigenvalue weighted by Crippen LogP contribution is 2.32. The van der Waals surface area contributed by atoms with Crippen molar-refractivity contribution in [3.8, 4) is 11.8 Å². The quantitative estimate of drug-likeness (QED) is 0.863. The molecule has 96 valence electrons. The van der Waals surface area contributed by atoms with E-state index in [0.717, 1.165) is 16.3 Å². The topological polar surface area (TPSA) is 47.3 Å². The van der Waals surface area contributed by atoms with E-state index in [-0.39, 0.29) is 5.75 Å². The van der Waals surface area contributed by atoms with Gasteiger partial charge < -0.3 is 10.0 Å². The molecular weight excluding hydrogens is 256 g/mol. The number of hydrogen-bond acceptors (Lipinski definition) is 4. The van der Waals surface area contributed by atoms with Crippen molar-refractivity contribution in [3.63, 3.8) is 0 Å². The van der Waals surface area contributed by atoms with E-state index < -0.39 is 0 Å². The van der Waals surface area contributed by atoms with E-state index in [2.05, 4.69) is 6.07 Å². The third kappa shape index (κ3) is 2.67. The predicted octanol–water partition coefficient (Wildman–Crippen LogP) is 3.75. The maximum atomic E-state index is 9.34. The zero-order chi connectivity index (χ0) is 13.8. The maximum absolute atomic E-state index is 9.34. The summed E-state index contributed by atoms with van der Waals surface area (Å²) in [6.07, 6.45) is 1.96. The molecule has 0 heterocycles. The number of nitriles is 1. The summed E-state index contributed by atoms with van der Waals surface area (Å²) in [7, 11) is 1.91. The van der Waals surface area contributed by atoms with Gasteiger partial charge in [0.1, 0.15) is 11.8 Å². The molecule has 19 heavy (non-hydrogen) atoms. The zero-order valence-electron chi connectivity index (χ0n) is 10.8. The van der Waals surface area contributed by atoms with Crippen molar-refractivity contribution in [1.82, 2.24) is 0 Å². The molecule has 0 radical (unpaired) electrons. The van der Waals surface area contributed by atoms with Crippen molar-refractivity contribution in [2.24, 2.45) is 0 Å². The van der Waals surface area contributed by atoms with Gasteiger partial charge in [-0.25, -0.2) is 0 Å². The first-order valence-corrected chi connectivity index (χ1v) is 6.99. The van der Waals surface area contributed by atoms with Crippen molar-refractivity contribution in [2.75, 3.05) is 18.2 Å². The van der Waals surface area contributed by atoms with E-state index in [1.807, 2.05) is 48.5 Å². The number of anilines is 2. The molecule has 2 rings (SSSR count). The van der Waals surface area contributed by atoms with Crippen LogP contribution in [0.1, 0.15) is 5.56 Å². The van der Waals surface area contributed by atoms with Crippen LogP contribution in [0.2, 0.25) is 0 Å². The molecule has 0 amide bonds. The molecule has 1 N–H and O–H groups in total. The SMILES string of the molecule is CSc1cccc(N(C)c2ccc(O)cc2)c1C#N. The second-order valence-electron chi connectivity index (χ2n) is 4.04. The molecule has 4 heteroatoms. The molecule has 2 aromatic rings. The Labute approximate surface area is 117 Å². The molecule has 0 bridgehead atoms. The van der Waals surface area contributed by atoms with Gasteiger partial charge in [0.25, 0.3) is 0 Å². The van der Waals surface area contributed by atoms with Crippen molar-refractivity contribution < 1.29 is 5.11 Å². The van der Waals surface area contributed by atoms with Gasteiger partial charge in [-0.3, -0.25) is 0 Å². The Morgan fingerprint density at radius 2 is 1.84 bits per heavy atom. The molecule has 3 nitrogen and oxygen atoms in total. The molecule has 2 aromatic carbocycles. The number of thioether (sulfide) groups is 1. The Morgan fingerprint density at radius 3 is 2.42 bits per heavy atom. The molecule has 0 spiro atoms. The Kier molecular flexibility index (Phi) is 3.98. The van der Waals surface area contributed by atoms with Crippen molar-refractivity contribution >= 4 is 23.1 Å². The third-order valence-electron chi connectivity index (χ3n) is 2.93. The summed E-state index contributed by atoms with van der Waals surface area (Å²) in [6.45, 7) is 0. The monoisotopic (exact) mass is 270 g/mol. The van der Waals surface area contributed by atoms with Crippen LogP contribution >= 0.6 is 11.8 Å². The first-order chi connectivity index (χ1) is 9.17. The molecule has 0 aliphatic heterocycles. The van der Waals surface area contributed by atoms with Gasteiger partial charge in [-0.05, 0) is 42.7 Å². The van der Waals surface area contributed by atoms with Gasteiger partial charge in [-0.2, -0.15) is 5.26 Å². The molecule has 0 fully saturated rings. The van der Waals surface area contributed by atoms with Crippen molar-refractivity contribution in [2.45, 2.75) is 4.90 Å². The van der Waals surface area contributed by atoms with Crippen LogP contribution in [0.15, 0.2) is 47.4 Å². The minimum absolute atomic E-state index is 0.232. The van der Waals surface area contributed by atoms with Gasteiger partial charge in [0.2, 0.25) is 0 Å². The molecule has 0 saturated heterocycles. The van der Waals surface area contributed by atoms with Gasteiger partial charge in [-0.15, -0.1) is 11.8 Å². The van der Waals surface area contributed by atoms with Crippen LogP contribution in [0, 0.1) is 11.3 Å². The highest BCUT2D eigenvalue weighted by molar-refractivity contribution is 7.98. The fourth-order valence-corrected chi connectivity index (χ4v) is 2.47. The number of hydrogen-bond donors (Lipinski definition) is 1.